The van der Waals surface area contributed by atoms with Crippen LogP contribution in [-0.4, -0.2) is 18.6 Å². The van der Waals surface area contributed by atoms with Crippen molar-refractivity contribution in [1.82, 2.24) is 0 Å². The Bertz CT molecular complexity index is 627. The summed E-state index contributed by atoms with van der Waals surface area (Å²) in [5.74, 6) is 0.650. The van der Waals surface area contributed by atoms with E-state index in [1.807, 2.05) is 50.2 Å². The number of hydrogen-bond acceptors (Lipinski definition) is 3. The molecule has 0 aliphatic carbocycles. The molecule has 116 valence electrons. The van der Waals surface area contributed by atoms with Crippen LogP contribution in [0.4, 0.5) is 11.4 Å². The summed E-state index contributed by atoms with van der Waals surface area (Å²) in [4.78, 5) is 11.9. The summed E-state index contributed by atoms with van der Waals surface area (Å²) >= 11 is 6.00. The van der Waals surface area contributed by atoms with Crippen molar-refractivity contribution in [3.8, 4) is 5.75 Å². The van der Waals surface area contributed by atoms with Gasteiger partial charge in [-0.3, -0.25) is 4.79 Å². The number of ether oxygens (including phenoxy) is 1. The van der Waals surface area contributed by atoms with Gasteiger partial charge in [-0.25, -0.2) is 0 Å². The fourth-order valence-electron chi connectivity index (χ4n) is 1.86. The van der Waals surface area contributed by atoms with Crippen molar-refractivity contribution >= 4 is 28.9 Å². The molecule has 22 heavy (non-hydrogen) atoms. The molecule has 0 aromatic heterocycles. The van der Waals surface area contributed by atoms with Crippen molar-refractivity contribution in [2.45, 2.75) is 20.0 Å². The second-order valence-corrected chi connectivity index (χ2v) is 5.48. The molecular formula is C17H19ClN2O2. The van der Waals surface area contributed by atoms with Crippen LogP contribution in [0.1, 0.15) is 13.8 Å². The molecule has 0 radical (unpaired) electrons. The van der Waals surface area contributed by atoms with Gasteiger partial charge in [0.1, 0.15) is 5.75 Å². The SMILES string of the molecule is CC(C)Oc1ccc(NCC(=O)Nc2ccccc2Cl)cc1. The molecule has 0 saturated carbocycles. The Morgan fingerprint density at radius 1 is 1.14 bits per heavy atom. The summed E-state index contributed by atoms with van der Waals surface area (Å²) in [5, 5.41) is 6.33. The van der Waals surface area contributed by atoms with Gasteiger partial charge >= 0.3 is 0 Å². The van der Waals surface area contributed by atoms with Gasteiger partial charge in [-0.05, 0) is 50.2 Å². The summed E-state index contributed by atoms with van der Waals surface area (Å²) in [7, 11) is 0. The van der Waals surface area contributed by atoms with Crippen molar-refractivity contribution in [3.63, 3.8) is 0 Å². The first-order chi connectivity index (χ1) is 10.5. The third-order valence-corrected chi connectivity index (χ3v) is 3.16. The van der Waals surface area contributed by atoms with Gasteiger partial charge in [-0.15, -0.1) is 0 Å². The molecule has 5 heteroatoms. The molecular weight excluding hydrogens is 300 g/mol. The van der Waals surface area contributed by atoms with Gasteiger partial charge in [-0.2, -0.15) is 0 Å². The van der Waals surface area contributed by atoms with Crippen LogP contribution in [0.15, 0.2) is 48.5 Å². The molecule has 0 fully saturated rings. The van der Waals surface area contributed by atoms with Crippen LogP contribution >= 0.6 is 11.6 Å². The summed E-state index contributed by atoms with van der Waals surface area (Å²) in [6.45, 7) is 4.12. The lowest BCUT2D eigenvalue weighted by molar-refractivity contribution is -0.114. The zero-order valence-electron chi connectivity index (χ0n) is 12.6. The average molecular weight is 319 g/mol. The molecule has 2 aromatic carbocycles. The van der Waals surface area contributed by atoms with Crippen LogP contribution in [0.2, 0.25) is 5.02 Å². The lowest BCUT2D eigenvalue weighted by Gasteiger charge is -2.11. The van der Waals surface area contributed by atoms with E-state index < -0.39 is 0 Å². The molecule has 0 aliphatic rings. The van der Waals surface area contributed by atoms with E-state index >= 15 is 0 Å². The Balaban J connectivity index is 1.85. The standard InChI is InChI=1S/C17H19ClN2O2/c1-12(2)22-14-9-7-13(8-10-14)19-11-17(21)20-16-6-4-3-5-15(16)18/h3-10,12,19H,11H2,1-2H3,(H,20,21). The van der Waals surface area contributed by atoms with E-state index in [4.69, 9.17) is 16.3 Å². The van der Waals surface area contributed by atoms with E-state index in [1.54, 1.807) is 12.1 Å². The Hall–Kier alpha value is -2.20. The van der Waals surface area contributed by atoms with Crippen molar-refractivity contribution in [3.05, 3.63) is 53.6 Å². The summed E-state index contributed by atoms with van der Waals surface area (Å²) in [6, 6.07) is 14.6. The third kappa shape index (κ3) is 4.97. The molecule has 0 bridgehead atoms. The van der Waals surface area contributed by atoms with Crippen molar-refractivity contribution in [2.24, 2.45) is 0 Å². The molecule has 0 unspecified atom stereocenters. The molecule has 0 spiro atoms. The number of halogens is 1. The van der Waals surface area contributed by atoms with Gasteiger partial charge in [0, 0.05) is 5.69 Å². The number of carbonyl (C=O) groups excluding carboxylic acids is 1. The number of para-hydroxylation sites is 1. The van der Waals surface area contributed by atoms with Gasteiger partial charge in [0.2, 0.25) is 5.91 Å². The lowest BCUT2D eigenvalue weighted by atomic mass is 10.3. The highest BCUT2D eigenvalue weighted by molar-refractivity contribution is 6.33. The second-order valence-electron chi connectivity index (χ2n) is 5.07. The van der Waals surface area contributed by atoms with Crippen LogP contribution in [-0.2, 0) is 4.79 Å². The number of nitrogens with one attached hydrogen (secondary N) is 2. The predicted octanol–water partition coefficient (Wildman–Crippen LogP) is 4.18. The molecule has 0 heterocycles. The van der Waals surface area contributed by atoms with Crippen molar-refractivity contribution in [1.29, 1.82) is 0 Å². The minimum Gasteiger partial charge on any atom is -0.491 e. The maximum atomic E-state index is 11.9. The number of amides is 1. The average Bonchev–Trinajstić information content (AvgIpc) is 2.48. The minimum absolute atomic E-state index is 0.139. The number of anilines is 2. The van der Waals surface area contributed by atoms with Gasteiger partial charge in [0.15, 0.2) is 0 Å². The zero-order chi connectivity index (χ0) is 15.9. The van der Waals surface area contributed by atoms with Crippen LogP contribution in [0.3, 0.4) is 0 Å². The highest BCUT2D eigenvalue weighted by atomic mass is 35.5. The molecule has 4 nitrogen and oxygen atoms in total. The Labute approximate surface area is 135 Å². The molecule has 2 N–H and O–H groups in total. The van der Waals surface area contributed by atoms with E-state index in [0.717, 1.165) is 11.4 Å². The van der Waals surface area contributed by atoms with E-state index in [-0.39, 0.29) is 18.6 Å². The topological polar surface area (TPSA) is 50.4 Å². The van der Waals surface area contributed by atoms with Gasteiger partial charge in [0.25, 0.3) is 0 Å². The van der Waals surface area contributed by atoms with E-state index in [0.29, 0.717) is 10.7 Å². The second kappa shape index (κ2) is 7.71. The maximum Gasteiger partial charge on any atom is 0.243 e. The fraction of sp³-hybridized carbons (Fsp3) is 0.235. The largest absolute Gasteiger partial charge is 0.491 e. The molecule has 1 amide bonds. The molecule has 0 aliphatic heterocycles. The van der Waals surface area contributed by atoms with Crippen LogP contribution in [0.25, 0.3) is 0 Å². The lowest BCUT2D eigenvalue weighted by Crippen LogP contribution is -2.21. The highest BCUT2D eigenvalue weighted by Crippen LogP contribution is 2.20. The molecule has 0 atom stereocenters. The Morgan fingerprint density at radius 3 is 2.45 bits per heavy atom. The first kappa shape index (κ1) is 16.2. The van der Waals surface area contributed by atoms with E-state index in [2.05, 4.69) is 10.6 Å². The van der Waals surface area contributed by atoms with Gasteiger partial charge in [0.05, 0.1) is 23.4 Å². The molecule has 2 aromatic rings. The smallest absolute Gasteiger partial charge is 0.243 e. The number of carbonyl (C=O) groups is 1. The van der Waals surface area contributed by atoms with Crippen molar-refractivity contribution in [2.75, 3.05) is 17.2 Å². The molecule has 2 rings (SSSR count). The maximum absolute atomic E-state index is 11.9. The Kier molecular flexibility index (Phi) is 5.67. The molecule has 0 saturated heterocycles. The third-order valence-electron chi connectivity index (χ3n) is 2.83. The normalized spacial score (nSPS) is 10.4. The first-order valence-corrected chi connectivity index (χ1v) is 7.47. The minimum atomic E-state index is -0.157. The van der Waals surface area contributed by atoms with Gasteiger partial charge < -0.3 is 15.4 Å². The zero-order valence-corrected chi connectivity index (χ0v) is 13.4. The first-order valence-electron chi connectivity index (χ1n) is 7.09. The van der Waals surface area contributed by atoms with E-state index in [1.165, 1.54) is 0 Å². The number of benzene rings is 2. The number of rotatable bonds is 6. The number of hydrogen-bond donors (Lipinski definition) is 2. The van der Waals surface area contributed by atoms with Crippen LogP contribution in [0, 0.1) is 0 Å². The summed E-state index contributed by atoms with van der Waals surface area (Å²) in [5.41, 5.74) is 1.46. The summed E-state index contributed by atoms with van der Waals surface area (Å²) in [6.07, 6.45) is 0.139. The predicted molar refractivity (Wildman–Crippen MR) is 90.8 cm³/mol. The quantitative estimate of drug-likeness (QED) is 0.840. The summed E-state index contributed by atoms with van der Waals surface area (Å²) < 4.78 is 5.57. The van der Waals surface area contributed by atoms with E-state index in [9.17, 15) is 4.79 Å². The Morgan fingerprint density at radius 2 is 1.82 bits per heavy atom. The monoisotopic (exact) mass is 318 g/mol. The van der Waals surface area contributed by atoms with Crippen molar-refractivity contribution < 1.29 is 9.53 Å². The van der Waals surface area contributed by atoms with Crippen LogP contribution < -0.4 is 15.4 Å². The van der Waals surface area contributed by atoms with Gasteiger partial charge in [-0.1, -0.05) is 23.7 Å². The van der Waals surface area contributed by atoms with Crippen LogP contribution in [0.5, 0.6) is 5.75 Å². The highest BCUT2D eigenvalue weighted by Gasteiger charge is 2.05. The fourth-order valence-corrected chi connectivity index (χ4v) is 2.05.